The van der Waals surface area contributed by atoms with Crippen molar-refractivity contribution in [1.29, 1.82) is 0 Å². The number of aromatic nitrogens is 2. The van der Waals surface area contributed by atoms with Gasteiger partial charge in [0.25, 0.3) is 0 Å². The average Bonchev–Trinajstić information content (AvgIpc) is 2.61. The standard InChI is InChI=1S/C14H26N4O/c1-11-14(15)12(2)18(16-11)10-13(19)9-17-7-5-3-4-6-8-17/h13,19H,3-10,15H2,1-2H3. The number of hydrogen-bond acceptors (Lipinski definition) is 4. The summed E-state index contributed by atoms with van der Waals surface area (Å²) in [6.07, 6.45) is 4.76. The Morgan fingerprint density at radius 2 is 1.79 bits per heavy atom. The Labute approximate surface area is 115 Å². The van der Waals surface area contributed by atoms with Gasteiger partial charge < -0.3 is 15.7 Å². The molecule has 5 nitrogen and oxygen atoms in total. The van der Waals surface area contributed by atoms with Crippen molar-refractivity contribution in [3.05, 3.63) is 11.4 Å². The van der Waals surface area contributed by atoms with Gasteiger partial charge >= 0.3 is 0 Å². The molecule has 3 N–H and O–H groups in total. The molecule has 0 saturated carbocycles. The zero-order valence-corrected chi connectivity index (χ0v) is 12.1. The lowest BCUT2D eigenvalue weighted by Crippen LogP contribution is -2.35. The molecule has 1 aromatic rings. The molecule has 0 radical (unpaired) electrons. The van der Waals surface area contributed by atoms with E-state index >= 15 is 0 Å². The van der Waals surface area contributed by atoms with Crippen LogP contribution in [0.3, 0.4) is 0 Å². The smallest absolute Gasteiger partial charge is 0.0862 e. The molecule has 2 rings (SSSR count). The van der Waals surface area contributed by atoms with E-state index in [-0.39, 0.29) is 6.10 Å². The number of aryl methyl sites for hydroxylation is 1. The van der Waals surface area contributed by atoms with Crippen LogP contribution in [0.5, 0.6) is 0 Å². The molecule has 0 aliphatic carbocycles. The van der Waals surface area contributed by atoms with E-state index in [1.165, 1.54) is 25.7 Å². The number of rotatable bonds is 4. The second-order valence-electron chi connectivity index (χ2n) is 5.64. The Morgan fingerprint density at radius 1 is 1.16 bits per heavy atom. The number of hydrogen-bond donors (Lipinski definition) is 2. The summed E-state index contributed by atoms with van der Waals surface area (Å²) >= 11 is 0. The van der Waals surface area contributed by atoms with Crippen LogP contribution in [0.1, 0.15) is 37.1 Å². The summed E-state index contributed by atoms with van der Waals surface area (Å²) in [6, 6.07) is 0. The Bertz CT molecular complexity index is 408. The normalized spacial score (nSPS) is 19.3. The van der Waals surface area contributed by atoms with Crippen LogP contribution in [-0.4, -0.2) is 45.5 Å². The molecule has 1 aliphatic heterocycles. The van der Waals surface area contributed by atoms with E-state index in [9.17, 15) is 5.11 Å². The van der Waals surface area contributed by atoms with Gasteiger partial charge in [0, 0.05) is 6.54 Å². The number of nitrogens with zero attached hydrogens (tertiary/aromatic N) is 3. The summed E-state index contributed by atoms with van der Waals surface area (Å²) in [7, 11) is 0. The first-order chi connectivity index (χ1) is 9.08. The van der Waals surface area contributed by atoms with Crippen LogP contribution in [0, 0.1) is 13.8 Å². The highest BCUT2D eigenvalue weighted by molar-refractivity contribution is 5.46. The molecule has 1 atom stereocenters. The maximum Gasteiger partial charge on any atom is 0.0862 e. The van der Waals surface area contributed by atoms with Crippen LogP contribution in [0.2, 0.25) is 0 Å². The summed E-state index contributed by atoms with van der Waals surface area (Å²) in [5.41, 5.74) is 8.44. The van der Waals surface area contributed by atoms with Gasteiger partial charge in [0.15, 0.2) is 0 Å². The number of β-amino-alcohol motifs (C(OH)–C–C–N with tert-alkyl or cyclic N) is 1. The van der Waals surface area contributed by atoms with E-state index in [4.69, 9.17) is 5.73 Å². The summed E-state index contributed by atoms with van der Waals surface area (Å²) in [5.74, 6) is 0. The molecule has 0 amide bonds. The van der Waals surface area contributed by atoms with Crippen molar-refractivity contribution in [3.8, 4) is 0 Å². The van der Waals surface area contributed by atoms with Crippen molar-refractivity contribution in [1.82, 2.24) is 14.7 Å². The third-order valence-electron chi connectivity index (χ3n) is 3.99. The van der Waals surface area contributed by atoms with Gasteiger partial charge in [0.1, 0.15) is 0 Å². The van der Waals surface area contributed by atoms with Crippen molar-refractivity contribution in [3.63, 3.8) is 0 Å². The van der Waals surface area contributed by atoms with E-state index in [1.54, 1.807) is 0 Å². The Hall–Kier alpha value is -1.07. The van der Waals surface area contributed by atoms with Crippen molar-refractivity contribution < 1.29 is 5.11 Å². The van der Waals surface area contributed by atoms with E-state index in [0.29, 0.717) is 6.54 Å². The molecular weight excluding hydrogens is 240 g/mol. The quantitative estimate of drug-likeness (QED) is 0.862. The molecule has 1 unspecified atom stereocenters. The zero-order chi connectivity index (χ0) is 13.8. The van der Waals surface area contributed by atoms with Crippen LogP contribution in [-0.2, 0) is 6.54 Å². The molecule has 0 bridgehead atoms. The first kappa shape index (κ1) is 14.3. The fourth-order valence-corrected chi connectivity index (χ4v) is 2.76. The first-order valence-corrected chi connectivity index (χ1v) is 7.28. The van der Waals surface area contributed by atoms with E-state index in [2.05, 4.69) is 10.00 Å². The Balaban J connectivity index is 1.89. The first-order valence-electron chi connectivity index (χ1n) is 7.28. The van der Waals surface area contributed by atoms with Crippen LogP contribution < -0.4 is 5.73 Å². The van der Waals surface area contributed by atoms with Crippen molar-refractivity contribution >= 4 is 5.69 Å². The largest absolute Gasteiger partial charge is 0.396 e. The number of aliphatic hydroxyl groups is 1. The van der Waals surface area contributed by atoms with E-state index < -0.39 is 0 Å². The number of nitrogen functional groups attached to an aromatic ring is 1. The topological polar surface area (TPSA) is 67.3 Å². The molecule has 1 saturated heterocycles. The second-order valence-corrected chi connectivity index (χ2v) is 5.64. The molecule has 5 heteroatoms. The maximum atomic E-state index is 10.2. The fraction of sp³-hybridized carbons (Fsp3) is 0.786. The van der Waals surface area contributed by atoms with Gasteiger partial charge in [-0.2, -0.15) is 5.10 Å². The Morgan fingerprint density at radius 3 is 2.32 bits per heavy atom. The molecular formula is C14H26N4O. The van der Waals surface area contributed by atoms with Gasteiger partial charge in [-0.25, -0.2) is 0 Å². The summed E-state index contributed by atoms with van der Waals surface area (Å²) < 4.78 is 1.83. The van der Waals surface area contributed by atoms with Crippen LogP contribution in [0.15, 0.2) is 0 Å². The average molecular weight is 266 g/mol. The minimum Gasteiger partial charge on any atom is -0.396 e. The molecule has 108 valence electrons. The monoisotopic (exact) mass is 266 g/mol. The maximum absolute atomic E-state index is 10.2. The highest BCUT2D eigenvalue weighted by Gasteiger charge is 2.16. The van der Waals surface area contributed by atoms with Crippen molar-refractivity contribution in [2.75, 3.05) is 25.4 Å². The zero-order valence-electron chi connectivity index (χ0n) is 12.1. The molecule has 1 aromatic heterocycles. The summed E-state index contributed by atoms with van der Waals surface area (Å²) in [5, 5.41) is 14.6. The van der Waals surface area contributed by atoms with Gasteiger partial charge in [0.2, 0.25) is 0 Å². The Kier molecular flexibility index (Phi) is 4.82. The van der Waals surface area contributed by atoms with E-state index in [1.807, 2.05) is 18.5 Å². The number of likely N-dealkylation sites (tertiary alicyclic amines) is 1. The molecule has 2 heterocycles. The second kappa shape index (κ2) is 6.39. The fourth-order valence-electron chi connectivity index (χ4n) is 2.76. The third kappa shape index (κ3) is 3.70. The van der Waals surface area contributed by atoms with Crippen molar-refractivity contribution in [2.45, 2.75) is 52.2 Å². The van der Waals surface area contributed by atoms with Gasteiger partial charge in [-0.05, 0) is 39.8 Å². The van der Waals surface area contributed by atoms with Crippen LogP contribution in [0.25, 0.3) is 0 Å². The molecule has 0 spiro atoms. The molecule has 1 fully saturated rings. The van der Waals surface area contributed by atoms with Crippen molar-refractivity contribution in [2.24, 2.45) is 0 Å². The lowest BCUT2D eigenvalue weighted by molar-refractivity contribution is 0.0959. The van der Waals surface area contributed by atoms with Gasteiger partial charge in [-0.15, -0.1) is 0 Å². The lowest BCUT2D eigenvalue weighted by atomic mass is 10.2. The predicted molar refractivity (Wildman–Crippen MR) is 77.0 cm³/mol. The third-order valence-corrected chi connectivity index (χ3v) is 3.99. The summed E-state index contributed by atoms with van der Waals surface area (Å²) in [4.78, 5) is 2.37. The van der Waals surface area contributed by atoms with Crippen LogP contribution >= 0.6 is 0 Å². The lowest BCUT2D eigenvalue weighted by Gasteiger charge is -2.23. The SMILES string of the molecule is Cc1nn(CC(O)CN2CCCCCC2)c(C)c1N. The highest BCUT2D eigenvalue weighted by atomic mass is 16.3. The highest BCUT2D eigenvalue weighted by Crippen LogP contribution is 2.15. The predicted octanol–water partition coefficient (Wildman–Crippen LogP) is 1.32. The van der Waals surface area contributed by atoms with Crippen LogP contribution in [0.4, 0.5) is 5.69 Å². The number of aliphatic hydroxyl groups excluding tert-OH is 1. The summed E-state index contributed by atoms with van der Waals surface area (Å²) in [6.45, 7) is 7.33. The van der Waals surface area contributed by atoms with Gasteiger partial charge in [0.05, 0.1) is 29.7 Å². The number of anilines is 1. The molecule has 0 aromatic carbocycles. The van der Waals surface area contributed by atoms with E-state index in [0.717, 1.165) is 36.7 Å². The molecule has 19 heavy (non-hydrogen) atoms. The van der Waals surface area contributed by atoms with Gasteiger partial charge in [-0.1, -0.05) is 12.8 Å². The minimum absolute atomic E-state index is 0.379. The number of nitrogens with two attached hydrogens (primary N) is 1. The van der Waals surface area contributed by atoms with Gasteiger partial charge in [-0.3, -0.25) is 4.68 Å². The minimum atomic E-state index is -0.379. The molecule has 1 aliphatic rings.